The number of carbonyl (C=O) groups is 1. The van der Waals surface area contributed by atoms with Gasteiger partial charge in [0.25, 0.3) is 15.9 Å². The Labute approximate surface area is 202 Å². The van der Waals surface area contributed by atoms with Crippen molar-refractivity contribution in [1.82, 2.24) is 15.1 Å². The van der Waals surface area contributed by atoms with Gasteiger partial charge in [0.15, 0.2) is 0 Å². The maximum absolute atomic E-state index is 12.8. The zero-order chi connectivity index (χ0) is 25.2. The highest BCUT2D eigenvalue weighted by Crippen LogP contribution is 2.23. The number of anilines is 4. The number of amides is 1. The highest BCUT2D eigenvalue weighted by atomic mass is 32.2. The lowest BCUT2D eigenvalue weighted by Gasteiger charge is -2.10. The topological polar surface area (TPSA) is 139 Å². The van der Waals surface area contributed by atoms with E-state index >= 15 is 0 Å². The average molecular weight is 493 g/mol. The van der Waals surface area contributed by atoms with Gasteiger partial charge in [-0.3, -0.25) is 4.79 Å². The van der Waals surface area contributed by atoms with Crippen molar-refractivity contribution >= 4 is 39.1 Å². The molecule has 2 aromatic carbocycles. The summed E-state index contributed by atoms with van der Waals surface area (Å²) in [5.41, 5.74) is 4.39. The zero-order valence-corrected chi connectivity index (χ0v) is 20.4. The highest BCUT2D eigenvalue weighted by Gasteiger charge is 2.19. The van der Waals surface area contributed by atoms with Crippen LogP contribution in [0.3, 0.4) is 0 Å². The van der Waals surface area contributed by atoms with Crippen LogP contribution in [0.15, 0.2) is 64.0 Å². The molecule has 180 valence electrons. The van der Waals surface area contributed by atoms with Crippen molar-refractivity contribution < 1.29 is 17.7 Å². The van der Waals surface area contributed by atoms with Crippen molar-refractivity contribution in [3.8, 4) is 0 Å². The van der Waals surface area contributed by atoms with E-state index in [1.54, 1.807) is 32.0 Å². The Morgan fingerprint density at radius 2 is 1.57 bits per heavy atom. The van der Waals surface area contributed by atoms with Gasteiger partial charge in [0.05, 0.1) is 10.6 Å². The van der Waals surface area contributed by atoms with E-state index in [4.69, 9.17) is 4.52 Å². The molecule has 1 amide bonds. The molecule has 2 heterocycles. The van der Waals surface area contributed by atoms with E-state index < -0.39 is 10.0 Å². The summed E-state index contributed by atoms with van der Waals surface area (Å²) in [6.07, 6.45) is 0. The summed E-state index contributed by atoms with van der Waals surface area (Å²) in [5, 5.41) is 9.62. The minimum Gasteiger partial charge on any atom is -0.337 e. The van der Waals surface area contributed by atoms with Crippen LogP contribution in [0, 0.1) is 27.7 Å². The molecule has 2 aromatic heterocycles. The van der Waals surface area contributed by atoms with Crippen LogP contribution in [-0.2, 0) is 10.0 Å². The number of rotatable bonds is 7. The summed E-state index contributed by atoms with van der Waals surface area (Å²) in [7, 11) is -3.88. The summed E-state index contributed by atoms with van der Waals surface area (Å²) in [4.78, 5) is 21.5. The van der Waals surface area contributed by atoms with Gasteiger partial charge in [-0.2, -0.15) is 0 Å². The lowest BCUT2D eigenvalue weighted by Crippen LogP contribution is -2.14. The summed E-state index contributed by atoms with van der Waals surface area (Å²) in [6.45, 7) is 7.19. The van der Waals surface area contributed by atoms with Crippen LogP contribution in [0.5, 0.6) is 0 Å². The Hall–Kier alpha value is -4.25. The second-order valence-corrected chi connectivity index (χ2v) is 9.67. The molecule has 0 aliphatic carbocycles. The van der Waals surface area contributed by atoms with Gasteiger partial charge in [0.1, 0.15) is 0 Å². The Bertz CT molecular complexity index is 1480. The van der Waals surface area contributed by atoms with Crippen LogP contribution in [0.25, 0.3) is 0 Å². The van der Waals surface area contributed by atoms with Crippen molar-refractivity contribution in [1.29, 1.82) is 0 Å². The number of nitrogens with zero attached hydrogens (tertiary/aromatic N) is 3. The molecule has 4 aromatic rings. The first-order valence-corrected chi connectivity index (χ1v) is 12.2. The second-order valence-electron chi connectivity index (χ2n) is 7.99. The Morgan fingerprint density at radius 1 is 0.886 bits per heavy atom. The molecule has 0 atom stereocenters. The third-order valence-electron chi connectivity index (χ3n) is 5.17. The summed E-state index contributed by atoms with van der Waals surface area (Å²) >= 11 is 0. The molecular weight excluding hydrogens is 468 g/mol. The molecule has 35 heavy (non-hydrogen) atoms. The SMILES string of the molecule is Cc1cc(C)nc(Nc2cccc(C(=O)Nc3ccc(S(=O)(=O)Nc4onc(C)c4C)cc3)c2)n1. The summed E-state index contributed by atoms with van der Waals surface area (Å²) in [5.74, 6) is 0.164. The van der Waals surface area contributed by atoms with Gasteiger partial charge >= 0.3 is 0 Å². The van der Waals surface area contributed by atoms with E-state index in [2.05, 4.69) is 30.5 Å². The lowest BCUT2D eigenvalue weighted by molar-refractivity contribution is 0.102. The number of aryl methyl sites for hydroxylation is 3. The molecule has 3 N–H and O–H groups in total. The zero-order valence-electron chi connectivity index (χ0n) is 19.6. The predicted molar refractivity (Wildman–Crippen MR) is 132 cm³/mol. The summed E-state index contributed by atoms with van der Waals surface area (Å²) in [6, 6.07) is 14.6. The highest BCUT2D eigenvalue weighted by molar-refractivity contribution is 7.92. The number of carbonyl (C=O) groups excluding carboxylic acids is 1. The van der Waals surface area contributed by atoms with Gasteiger partial charge in [-0.05, 0) is 76.2 Å². The van der Waals surface area contributed by atoms with Crippen molar-refractivity contribution in [2.45, 2.75) is 32.6 Å². The number of benzene rings is 2. The van der Waals surface area contributed by atoms with E-state index in [1.807, 2.05) is 26.0 Å². The van der Waals surface area contributed by atoms with Gasteiger partial charge in [-0.1, -0.05) is 11.2 Å². The van der Waals surface area contributed by atoms with E-state index in [0.29, 0.717) is 34.1 Å². The molecule has 4 rings (SSSR count). The van der Waals surface area contributed by atoms with Gasteiger partial charge in [-0.15, -0.1) is 0 Å². The number of sulfonamides is 1. The monoisotopic (exact) mass is 492 g/mol. The Morgan fingerprint density at radius 3 is 2.20 bits per heavy atom. The number of aromatic nitrogens is 3. The first-order valence-electron chi connectivity index (χ1n) is 10.7. The number of hydrogen-bond donors (Lipinski definition) is 3. The van der Waals surface area contributed by atoms with Gasteiger partial charge in [0.2, 0.25) is 11.8 Å². The molecule has 0 aliphatic rings. The molecule has 0 aliphatic heterocycles. The van der Waals surface area contributed by atoms with Gasteiger partial charge < -0.3 is 15.2 Å². The van der Waals surface area contributed by atoms with Crippen molar-refractivity contribution in [2.75, 3.05) is 15.4 Å². The largest absolute Gasteiger partial charge is 0.337 e. The van der Waals surface area contributed by atoms with Crippen LogP contribution < -0.4 is 15.4 Å². The first kappa shape index (κ1) is 23.9. The first-order chi connectivity index (χ1) is 16.6. The fourth-order valence-electron chi connectivity index (χ4n) is 3.26. The second kappa shape index (κ2) is 9.55. The van der Waals surface area contributed by atoms with Crippen molar-refractivity contribution in [3.63, 3.8) is 0 Å². The van der Waals surface area contributed by atoms with Crippen LogP contribution in [0.2, 0.25) is 0 Å². The average Bonchev–Trinajstić information content (AvgIpc) is 3.10. The third-order valence-corrected chi connectivity index (χ3v) is 6.52. The standard InChI is InChI=1S/C24H24N6O4S/c1-14-12-15(2)26-24(25-14)28-20-7-5-6-18(13-20)22(31)27-19-8-10-21(11-9-19)35(32,33)30-23-16(3)17(4)29-34-23/h5-13,30H,1-4H3,(H,27,31)(H,25,26,28). The van der Waals surface area contributed by atoms with E-state index in [9.17, 15) is 13.2 Å². The quantitative estimate of drug-likeness (QED) is 0.343. The minimum atomic E-state index is -3.88. The van der Waals surface area contributed by atoms with Crippen LogP contribution in [0.1, 0.15) is 33.0 Å². The predicted octanol–water partition coefficient (Wildman–Crippen LogP) is 4.49. The van der Waals surface area contributed by atoms with Crippen LogP contribution in [0.4, 0.5) is 23.2 Å². The fourth-order valence-corrected chi connectivity index (χ4v) is 4.31. The number of nitrogens with one attached hydrogen (secondary N) is 3. The molecule has 11 heteroatoms. The van der Waals surface area contributed by atoms with E-state index in [1.165, 1.54) is 24.3 Å². The van der Waals surface area contributed by atoms with Crippen LogP contribution in [-0.4, -0.2) is 29.4 Å². The normalized spacial score (nSPS) is 11.2. The molecule has 0 unspecified atom stereocenters. The smallest absolute Gasteiger partial charge is 0.264 e. The molecule has 10 nitrogen and oxygen atoms in total. The molecule has 0 saturated carbocycles. The molecule has 0 spiro atoms. The molecule has 0 saturated heterocycles. The molecular formula is C24H24N6O4S. The maximum atomic E-state index is 12.8. The number of hydrogen-bond acceptors (Lipinski definition) is 8. The molecule has 0 fully saturated rings. The van der Waals surface area contributed by atoms with Gasteiger partial charge in [-0.25, -0.2) is 23.1 Å². The Kier molecular flexibility index (Phi) is 6.52. The van der Waals surface area contributed by atoms with Gasteiger partial charge in [0, 0.05) is 33.9 Å². The molecule has 0 bridgehead atoms. The van der Waals surface area contributed by atoms with E-state index in [0.717, 1.165) is 11.4 Å². The lowest BCUT2D eigenvalue weighted by atomic mass is 10.2. The van der Waals surface area contributed by atoms with Crippen LogP contribution >= 0.6 is 0 Å². The maximum Gasteiger partial charge on any atom is 0.264 e. The Balaban J connectivity index is 1.45. The molecule has 0 radical (unpaired) electrons. The minimum absolute atomic E-state index is 0.0172. The van der Waals surface area contributed by atoms with Crippen molar-refractivity contribution in [3.05, 3.63) is 82.8 Å². The van der Waals surface area contributed by atoms with Crippen molar-refractivity contribution in [2.24, 2.45) is 0 Å². The summed E-state index contributed by atoms with van der Waals surface area (Å²) < 4.78 is 32.7. The third kappa shape index (κ3) is 5.64. The fraction of sp³-hybridized carbons (Fsp3) is 0.167. The van der Waals surface area contributed by atoms with E-state index in [-0.39, 0.29) is 16.7 Å².